The van der Waals surface area contributed by atoms with Gasteiger partial charge in [0, 0.05) is 12.5 Å². The fraction of sp³-hybridized carbons (Fsp3) is 0.200. The Labute approximate surface area is 80.8 Å². The van der Waals surface area contributed by atoms with Gasteiger partial charge >= 0.3 is 0 Å². The number of halogens is 3. The van der Waals surface area contributed by atoms with E-state index in [0.717, 1.165) is 6.92 Å². The van der Waals surface area contributed by atoms with Gasteiger partial charge < -0.3 is 0 Å². The largest absolute Gasteiger partial charge is 0.271 e. The first kappa shape index (κ1) is 10.2. The summed E-state index contributed by atoms with van der Waals surface area (Å²) in [7, 11) is 0. The zero-order chi connectivity index (χ0) is 10.1. The second kappa shape index (κ2) is 3.46. The molecule has 1 aromatic carbocycles. The van der Waals surface area contributed by atoms with Crippen LogP contribution in [-0.4, -0.2) is 0 Å². The highest BCUT2D eigenvalue weighted by Crippen LogP contribution is 2.34. The number of hydrogen-bond acceptors (Lipinski definition) is 0. The number of rotatable bonds is 2. The number of alkyl halides is 2. The van der Waals surface area contributed by atoms with Crippen molar-refractivity contribution < 1.29 is 8.78 Å². The van der Waals surface area contributed by atoms with Crippen LogP contribution in [0.5, 0.6) is 0 Å². The first-order valence-corrected chi connectivity index (χ1v) is 4.14. The van der Waals surface area contributed by atoms with Crippen LogP contribution in [0.25, 0.3) is 6.08 Å². The molecule has 0 saturated heterocycles. The Bertz CT molecular complexity index is 326. The quantitative estimate of drug-likeness (QED) is 0.678. The Morgan fingerprint density at radius 2 is 2.08 bits per heavy atom. The Balaban J connectivity index is 3.32. The van der Waals surface area contributed by atoms with Gasteiger partial charge in [-0.2, -0.15) is 0 Å². The van der Waals surface area contributed by atoms with E-state index < -0.39 is 5.92 Å². The summed E-state index contributed by atoms with van der Waals surface area (Å²) in [6, 6.07) is 4.50. The molecule has 0 spiro atoms. The highest BCUT2D eigenvalue weighted by Gasteiger charge is 2.27. The van der Waals surface area contributed by atoms with Crippen molar-refractivity contribution in [2.75, 3.05) is 0 Å². The van der Waals surface area contributed by atoms with Gasteiger partial charge in [0.05, 0.1) is 5.02 Å². The molecule has 3 heteroatoms. The minimum absolute atomic E-state index is 0.0741. The third-order valence-corrected chi connectivity index (χ3v) is 2.14. The topological polar surface area (TPSA) is 0 Å². The van der Waals surface area contributed by atoms with Crippen molar-refractivity contribution in [1.82, 2.24) is 0 Å². The van der Waals surface area contributed by atoms with Gasteiger partial charge in [-0.1, -0.05) is 42.5 Å². The lowest BCUT2D eigenvalue weighted by Gasteiger charge is -2.13. The standard InChI is InChI=1S/C10H9ClF2/c1-3-7-5-4-6-8(9(7)11)10(2,12)13/h3-6H,1H2,2H3. The molecular weight excluding hydrogens is 194 g/mol. The van der Waals surface area contributed by atoms with Crippen molar-refractivity contribution in [2.24, 2.45) is 0 Å². The number of benzene rings is 1. The van der Waals surface area contributed by atoms with Crippen LogP contribution < -0.4 is 0 Å². The Hall–Kier alpha value is -0.890. The van der Waals surface area contributed by atoms with Gasteiger partial charge in [0.2, 0.25) is 0 Å². The minimum Gasteiger partial charge on any atom is -0.202 e. The molecule has 0 amide bonds. The lowest BCUT2D eigenvalue weighted by molar-refractivity contribution is 0.0176. The van der Waals surface area contributed by atoms with Crippen LogP contribution >= 0.6 is 11.6 Å². The third kappa shape index (κ3) is 2.07. The summed E-state index contributed by atoms with van der Waals surface area (Å²) < 4.78 is 25.8. The van der Waals surface area contributed by atoms with Crippen molar-refractivity contribution in [3.63, 3.8) is 0 Å². The highest BCUT2D eigenvalue weighted by molar-refractivity contribution is 6.32. The summed E-state index contributed by atoms with van der Waals surface area (Å²) in [4.78, 5) is 0. The maximum absolute atomic E-state index is 12.9. The van der Waals surface area contributed by atoms with E-state index in [0.29, 0.717) is 5.56 Å². The van der Waals surface area contributed by atoms with Crippen LogP contribution in [0.2, 0.25) is 5.02 Å². The zero-order valence-corrected chi connectivity index (χ0v) is 7.91. The molecule has 0 saturated carbocycles. The predicted octanol–water partition coefficient (Wildman–Crippen LogP) is 4.09. The van der Waals surface area contributed by atoms with Crippen LogP contribution in [0.3, 0.4) is 0 Å². The van der Waals surface area contributed by atoms with Crippen molar-refractivity contribution in [3.05, 3.63) is 40.9 Å². The summed E-state index contributed by atoms with van der Waals surface area (Å²) in [6.45, 7) is 4.31. The molecule has 0 aromatic heterocycles. The smallest absolute Gasteiger partial charge is 0.202 e. The maximum atomic E-state index is 12.9. The van der Waals surface area contributed by atoms with Gasteiger partial charge in [0.1, 0.15) is 0 Å². The molecule has 70 valence electrons. The molecule has 1 aromatic rings. The van der Waals surface area contributed by atoms with E-state index in [-0.39, 0.29) is 10.6 Å². The van der Waals surface area contributed by atoms with E-state index >= 15 is 0 Å². The molecule has 0 bridgehead atoms. The van der Waals surface area contributed by atoms with Crippen LogP contribution in [0.15, 0.2) is 24.8 Å². The van der Waals surface area contributed by atoms with Gasteiger partial charge in [0.25, 0.3) is 5.92 Å². The van der Waals surface area contributed by atoms with E-state index in [9.17, 15) is 8.78 Å². The van der Waals surface area contributed by atoms with Crippen LogP contribution in [-0.2, 0) is 5.92 Å². The lowest BCUT2D eigenvalue weighted by Crippen LogP contribution is -2.08. The normalized spacial score (nSPS) is 11.4. The fourth-order valence-electron chi connectivity index (χ4n) is 1.05. The van der Waals surface area contributed by atoms with E-state index in [1.54, 1.807) is 6.07 Å². The molecule has 0 nitrogen and oxygen atoms in total. The van der Waals surface area contributed by atoms with E-state index in [1.165, 1.54) is 18.2 Å². The molecule has 0 aliphatic heterocycles. The number of hydrogen-bond donors (Lipinski definition) is 0. The molecule has 13 heavy (non-hydrogen) atoms. The zero-order valence-electron chi connectivity index (χ0n) is 7.15. The van der Waals surface area contributed by atoms with Gasteiger partial charge in [0.15, 0.2) is 0 Å². The highest BCUT2D eigenvalue weighted by atomic mass is 35.5. The fourth-order valence-corrected chi connectivity index (χ4v) is 1.42. The average molecular weight is 203 g/mol. The molecule has 0 N–H and O–H groups in total. The molecule has 0 unspecified atom stereocenters. The summed E-state index contributed by atoms with van der Waals surface area (Å²) in [5.41, 5.74) is 0.368. The Morgan fingerprint density at radius 3 is 2.54 bits per heavy atom. The van der Waals surface area contributed by atoms with Crippen molar-refractivity contribution in [2.45, 2.75) is 12.8 Å². The minimum atomic E-state index is -2.91. The molecular formula is C10H9ClF2. The monoisotopic (exact) mass is 202 g/mol. The first-order chi connectivity index (χ1) is 5.96. The summed E-state index contributed by atoms with van der Waals surface area (Å²) in [5, 5.41) is 0.0741. The Kier molecular flexibility index (Phi) is 2.71. The third-order valence-electron chi connectivity index (χ3n) is 1.72. The summed E-state index contributed by atoms with van der Waals surface area (Å²) >= 11 is 5.74. The van der Waals surface area contributed by atoms with Crippen LogP contribution in [0.4, 0.5) is 8.78 Å². The van der Waals surface area contributed by atoms with E-state index in [1.807, 2.05) is 0 Å². The van der Waals surface area contributed by atoms with Crippen molar-refractivity contribution >= 4 is 17.7 Å². The first-order valence-electron chi connectivity index (χ1n) is 3.76. The van der Waals surface area contributed by atoms with Gasteiger partial charge in [-0.05, 0) is 5.56 Å². The molecule has 0 radical (unpaired) electrons. The maximum Gasteiger partial charge on any atom is 0.271 e. The second-order valence-corrected chi connectivity index (χ2v) is 3.18. The van der Waals surface area contributed by atoms with E-state index in [4.69, 9.17) is 11.6 Å². The predicted molar refractivity (Wildman–Crippen MR) is 51.1 cm³/mol. The van der Waals surface area contributed by atoms with Crippen molar-refractivity contribution in [1.29, 1.82) is 0 Å². The molecule has 0 aliphatic carbocycles. The molecule has 0 aliphatic rings. The lowest BCUT2D eigenvalue weighted by atomic mass is 10.1. The van der Waals surface area contributed by atoms with Gasteiger partial charge in [-0.15, -0.1) is 0 Å². The van der Waals surface area contributed by atoms with Crippen LogP contribution in [0, 0.1) is 0 Å². The summed E-state index contributed by atoms with van der Waals surface area (Å²) in [6.07, 6.45) is 1.46. The van der Waals surface area contributed by atoms with E-state index in [2.05, 4.69) is 6.58 Å². The second-order valence-electron chi connectivity index (χ2n) is 2.80. The average Bonchev–Trinajstić information content (AvgIpc) is 2.02. The van der Waals surface area contributed by atoms with Crippen LogP contribution in [0.1, 0.15) is 18.1 Å². The molecule has 1 rings (SSSR count). The van der Waals surface area contributed by atoms with Gasteiger partial charge in [-0.25, -0.2) is 8.78 Å². The molecule has 0 fully saturated rings. The summed E-state index contributed by atoms with van der Waals surface area (Å²) in [5.74, 6) is -2.91. The molecule has 0 heterocycles. The molecule has 0 atom stereocenters. The van der Waals surface area contributed by atoms with Gasteiger partial charge in [-0.3, -0.25) is 0 Å². The Morgan fingerprint density at radius 1 is 1.46 bits per heavy atom. The van der Waals surface area contributed by atoms with Crippen molar-refractivity contribution in [3.8, 4) is 0 Å². The SMILES string of the molecule is C=Cc1cccc(C(C)(F)F)c1Cl.